The molecule has 0 fully saturated rings. The SMILES string of the molecule is COCC(C)(NC(=O)OCC1c2ccccc2-c2ccccc21)C(=O)NCC(C)(C)C(=O)O. The van der Waals surface area contributed by atoms with E-state index in [1.807, 2.05) is 48.5 Å². The van der Waals surface area contributed by atoms with Gasteiger partial charge in [-0.05, 0) is 43.0 Å². The molecule has 0 aliphatic heterocycles. The van der Waals surface area contributed by atoms with Gasteiger partial charge in [0.1, 0.15) is 12.1 Å². The van der Waals surface area contributed by atoms with Crippen molar-refractivity contribution in [2.45, 2.75) is 32.2 Å². The third-order valence-electron chi connectivity index (χ3n) is 5.93. The molecule has 0 aromatic heterocycles. The molecule has 1 atom stereocenters. The van der Waals surface area contributed by atoms with Crippen LogP contribution in [0.3, 0.4) is 0 Å². The molecule has 2 aromatic carbocycles. The summed E-state index contributed by atoms with van der Waals surface area (Å²) in [4.78, 5) is 36.8. The monoisotopic (exact) mass is 454 g/mol. The van der Waals surface area contributed by atoms with E-state index in [0.717, 1.165) is 22.3 Å². The van der Waals surface area contributed by atoms with Gasteiger partial charge in [0.05, 0.1) is 12.0 Å². The summed E-state index contributed by atoms with van der Waals surface area (Å²) in [6, 6.07) is 16.0. The minimum absolute atomic E-state index is 0.104. The van der Waals surface area contributed by atoms with E-state index in [4.69, 9.17) is 9.47 Å². The summed E-state index contributed by atoms with van der Waals surface area (Å²) >= 11 is 0. The van der Waals surface area contributed by atoms with Gasteiger partial charge >= 0.3 is 12.1 Å². The predicted molar refractivity (Wildman–Crippen MR) is 123 cm³/mol. The van der Waals surface area contributed by atoms with Crippen LogP contribution in [0, 0.1) is 5.41 Å². The highest BCUT2D eigenvalue weighted by atomic mass is 16.5. The van der Waals surface area contributed by atoms with Gasteiger partial charge in [-0.3, -0.25) is 9.59 Å². The standard InChI is InChI=1S/C25H30N2O6/c1-24(2,22(29)30)14-26-21(28)25(3,15-32-4)27-23(31)33-13-20-18-11-7-5-9-16(18)17-10-6-8-12-19(17)20/h5-12,20H,13-15H2,1-4H3,(H,26,28)(H,27,31)(H,29,30). The van der Waals surface area contributed by atoms with Crippen LogP contribution in [0.25, 0.3) is 11.1 Å². The summed E-state index contributed by atoms with van der Waals surface area (Å²) < 4.78 is 10.7. The number of hydrogen-bond acceptors (Lipinski definition) is 5. The van der Waals surface area contributed by atoms with E-state index in [9.17, 15) is 19.5 Å². The number of amides is 2. The minimum Gasteiger partial charge on any atom is -0.481 e. The Kier molecular flexibility index (Phi) is 7.07. The maximum atomic E-state index is 12.8. The molecule has 1 aliphatic carbocycles. The molecule has 8 nitrogen and oxygen atoms in total. The number of alkyl carbamates (subject to hydrolysis) is 1. The lowest BCUT2D eigenvalue weighted by molar-refractivity contribution is -0.147. The molecule has 0 spiro atoms. The zero-order valence-electron chi connectivity index (χ0n) is 19.3. The minimum atomic E-state index is -1.44. The number of benzene rings is 2. The topological polar surface area (TPSA) is 114 Å². The number of carboxylic acid groups (broad SMARTS) is 1. The van der Waals surface area contributed by atoms with Gasteiger partial charge in [0, 0.05) is 19.6 Å². The Balaban J connectivity index is 1.67. The van der Waals surface area contributed by atoms with Crippen LogP contribution < -0.4 is 10.6 Å². The highest BCUT2D eigenvalue weighted by molar-refractivity contribution is 5.90. The molecule has 3 rings (SSSR count). The summed E-state index contributed by atoms with van der Waals surface area (Å²) in [5.41, 5.74) is 1.80. The Labute approximate surface area is 193 Å². The van der Waals surface area contributed by atoms with Crippen molar-refractivity contribution < 1.29 is 29.0 Å². The molecule has 0 heterocycles. The highest BCUT2D eigenvalue weighted by Crippen LogP contribution is 2.44. The number of carbonyl (C=O) groups is 3. The van der Waals surface area contributed by atoms with Crippen LogP contribution in [-0.2, 0) is 19.1 Å². The number of nitrogens with one attached hydrogen (secondary N) is 2. The van der Waals surface area contributed by atoms with Crippen LogP contribution in [0.1, 0.15) is 37.8 Å². The largest absolute Gasteiger partial charge is 0.481 e. The lowest BCUT2D eigenvalue weighted by Gasteiger charge is -2.30. The Morgan fingerprint density at radius 1 is 0.970 bits per heavy atom. The molecule has 0 saturated carbocycles. The molecule has 2 amide bonds. The molecular formula is C25H30N2O6. The fraction of sp³-hybridized carbons (Fsp3) is 0.400. The van der Waals surface area contributed by atoms with Crippen molar-refractivity contribution in [3.63, 3.8) is 0 Å². The Morgan fingerprint density at radius 3 is 2.03 bits per heavy atom. The first-order chi connectivity index (χ1) is 15.6. The number of rotatable bonds is 9. The van der Waals surface area contributed by atoms with Gasteiger partial charge in [-0.15, -0.1) is 0 Å². The van der Waals surface area contributed by atoms with E-state index < -0.39 is 28.9 Å². The van der Waals surface area contributed by atoms with Crippen LogP contribution in [0.15, 0.2) is 48.5 Å². The van der Waals surface area contributed by atoms with Gasteiger partial charge in [0.2, 0.25) is 5.91 Å². The molecule has 3 N–H and O–H groups in total. The van der Waals surface area contributed by atoms with Crippen LogP contribution in [0.4, 0.5) is 4.79 Å². The average Bonchev–Trinajstić information content (AvgIpc) is 3.10. The van der Waals surface area contributed by atoms with Crippen LogP contribution in [0.5, 0.6) is 0 Å². The third-order valence-corrected chi connectivity index (χ3v) is 5.93. The molecular weight excluding hydrogens is 424 g/mol. The predicted octanol–water partition coefficient (Wildman–Crippen LogP) is 3.16. The molecule has 0 saturated heterocycles. The van der Waals surface area contributed by atoms with Crippen LogP contribution >= 0.6 is 0 Å². The smallest absolute Gasteiger partial charge is 0.408 e. The third kappa shape index (κ3) is 5.17. The highest BCUT2D eigenvalue weighted by Gasteiger charge is 2.38. The second-order valence-electron chi connectivity index (χ2n) is 9.09. The molecule has 1 aliphatic rings. The molecule has 176 valence electrons. The summed E-state index contributed by atoms with van der Waals surface area (Å²) in [7, 11) is 1.41. The van der Waals surface area contributed by atoms with Crippen molar-refractivity contribution in [1.82, 2.24) is 10.6 Å². The van der Waals surface area contributed by atoms with Crippen molar-refractivity contribution in [1.29, 1.82) is 0 Å². The van der Waals surface area contributed by atoms with Gasteiger partial charge in [-0.1, -0.05) is 48.5 Å². The summed E-state index contributed by atoms with van der Waals surface area (Å²) in [6.07, 6.45) is -0.760. The number of aliphatic carboxylic acids is 1. The number of hydrogen-bond donors (Lipinski definition) is 3. The van der Waals surface area contributed by atoms with Gasteiger partial charge in [-0.25, -0.2) is 4.79 Å². The fourth-order valence-electron chi connectivity index (χ4n) is 3.88. The molecule has 1 unspecified atom stereocenters. The van der Waals surface area contributed by atoms with Crippen molar-refractivity contribution in [2.75, 3.05) is 26.9 Å². The average molecular weight is 455 g/mol. The molecule has 33 heavy (non-hydrogen) atoms. The van der Waals surface area contributed by atoms with E-state index in [-0.39, 0.29) is 25.7 Å². The molecule has 0 bridgehead atoms. The van der Waals surface area contributed by atoms with Gasteiger partial charge in [0.25, 0.3) is 0 Å². The molecule has 8 heteroatoms. The van der Waals surface area contributed by atoms with E-state index in [1.54, 1.807) is 0 Å². The Morgan fingerprint density at radius 2 is 1.52 bits per heavy atom. The lowest BCUT2D eigenvalue weighted by Crippen LogP contribution is -2.60. The Hall–Kier alpha value is -3.39. The van der Waals surface area contributed by atoms with E-state index >= 15 is 0 Å². The second-order valence-corrected chi connectivity index (χ2v) is 9.09. The van der Waals surface area contributed by atoms with E-state index in [1.165, 1.54) is 27.9 Å². The first-order valence-electron chi connectivity index (χ1n) is 10.7. The van der Waals surface area contributed by atoms with Crippen molar-refractivity contribution >= 4 is 18.0 Å². The first kappa shape index (κ1) is 24.3. The van der Waals surface area contributed by atoms with E-state index in [2.05, 4.69) is 10.6 Å². The second kappa shape index (κ2) is 9.62. The van der Waals surface area contributed by atoms with Crippen LogP contribution in [-0.4, -0.2) is 55.5 Å². The maximum absolute atomic E-state index is 12.8. The van der Waals surface area contributed by atoms with Crippen molar-refractivity contribution in [3.8, 4) is 11.1 Å². The summed E-state index contributed by atoms with van der Waals surface area (Å²) in [5.74, 6) is -1.71. The zero-order chi connectivity index (χ0) is 24.2. The fourth-order valence-corrected chi connectivity index (χ4v) is 3.88. The first-order valence-corrected chi connectivity index (χ1v) is 10.7. The normalized spacial score (nSPS) is 14.5. The van der Waals surface area contributed by atoms with Gasteiger partial charge in [0.15, 0.2) is 0 Å². The maximum Gasteiger partial charge on any atom is 0.408 e. The van der Waals surface area contributed by atoms with Crippen LogP contribution in [0.2, 0.25) is 0 Å². The number of carboxylic acids is 1. The quantitative estimate of drug-likeness (QED) is 0.536. The lowest BCUT2D eigenvalue weighted by atomic mass is 9.93. The van der Waals surface area contributed by atoms with Gasteiger partial charge in [-0.2, -0.15) is 0 Å². The summed E-state index contributed by atoms with van der Waals surface area (Å²) in [5, 5.41) is 14.4. The van der Waals surface area contributed by atoms with Crippen molar-refractivity contribution in [3.05, 3.63) is 59.7 Å². The number of ether oxygens (including phenoxy) is 2. The van der Waals surface area contributed by atoms with E-state index in [0.29, 0.717) is 0 Å². The number of methoxy groups -OCH3 is 1. The number of carbonyl (C=O) groups excluding carboxylic acids is 2. The Bertz CT molecular complexity index is 1010. The number of fused-ring (bicyclic) bond motifs is 3. The molecule has 2 aromatic rings. The molecule has 0 radical (unpaired) electrons. The zero-order valence-corrected chi connectivity index (χ0v) is 19.3. The van der Waals surface area contributed by atoms with Gasteiger partial charge < -0.3 is 25.2 Å². The van der Waals surface area contributed by atoms with Crippen molar-refractivity contribution in [2.24, 2.45) is 5.41 Å². The summed E-state index contributed by atoms with van der Waals surface area (Å²) in [6.45, 7) is 4.39.